The maximum absolute atomic E-state index is 13.4. The largest absolute Gasteiger partial charge is 0.243 e. The number of hydrogen-bond donors (Lipinski definition) is 0. The minimum absolute atomic E-state index is 0.0722. The fourth-order valence-electron chi connectivity index (χ4n) is 3.55. The molecule has 2 aromatic carbocycles. The second-order valence-electron chi connectivity index (χ2n) is 6.66. The van der Waals surface area contributed by atoms with Crippen LogP contribution in [0.15, 0.2) is 53.4 Å². The van der Waals surface area contributed by atoms with Gasteiger partial charge in [-0.2, -0.15) is 4.31 Å². The summed E-state index contributed by atoms with van der Waals surface area (Å²) in [6, 6.07) is 15.5. The Morgan fingerprint density at radius 3 is 2.50 bits per heavy atom. The van der Waals surface area contributed by atoms with Crippen LogP contribution in [0, 0.1) is 13.8 Å². The van der Waals surface area contributed by atoms with E-state index in [2.05, 4.69) is 25.1 Å². The lowest BCUT2D eigenvalue weighted by molar-refractivity contribution is 0.328. The average molecular weight is 343 g/mol. The smallest absolute Gasteiger partial charge is 0.207 e. The van der Waals surface area contributed by atoms with E-state index >= 15 is 0 Å². The molecule has 24 heavy (non-hydrogen) atoms. The zero-order valence-corrected chi connectivity index (χ0v) is 15.2. The van der Waals surface area contributed by atoms with Gasteiger partial charge >= 0.3 is 0 Å². The summed E-state index contributed by atoms with van der Waals surface area (Å²) in [7, 11) is -3.49. The molecule has 1 fully saturated rings. The Morgan fingerprint density at radius 1 is 0.958 bits per heavy atom. The van der Waals surface area contributed by atoms with Crippen LogP contribution in [0.3, 0.4) is 0 Å². The van der Waals surface area contributed by atoms with Crippen LogP contribution in [-0.2, 0) is 10.0 Å². The van der Waals surface area contributed by atoms with E-state index in [-0.39, 0.29) is 6.04 Å². The highest BCUT2D eigenvalue weighted by Gasteiger charge is 2.34. The van der Waals surface area contributed by atoms with Crippen LogP contribution >= 0.6 is 0 Å². The fourth-order valence-corrected chi connectivity index (χ4v) is 5.46. The normalized spacial score (nSPS) is 19.8. The van der Waals surface area contributed by atoms with E-state index in [4.69, 9.17) is 0 Å². The van der Waals surface area contributed by atoms with Crippen molar-refractivity contribution in [3.05, 3.63) is 65.2 Å². The standard InChI is InChI=1S/C20H25NO2S/c1-16-9-8-11-18(15-16)19-12-4-3-7-14-21(19)24(22,23)20-13-6-5-10-17(20)2/h5-6,8-11,13,15,19H,3-4,7,12,14H2,1-2H3/t19-/m1/s1. The minimum atomic E-state index is -3.49. The Labute approximate surface area is 145 Å². The Morgan fingerprint density at radius 2 is 1.75 bits per heavy atom. The highest BCUT2D eigenvalue weighted by atomic mass is 32.2. The summed E-state index contributed by atoms with van der Waals surface area (Å²) in [5.41, 5.74) is 3.09. The van der Waals surface area contributed by atoms with Gasteiger partial charge in [-0.15, -0.1) is 0 Å². The van der Waals surface area contributed by atoms with E-state index in [0.29, 0.717) is 11.4 Å². The molecule has 1 saturated heterocycles. The molecule has 2 aromatic rings. The van der Waals surface area contributed by atoms with Crippen LogP contribution in [0.25, 0.3) is 0 Å². The van der Waals surface area contributed by atoms with E-state index in [9.17, 15) is 8.42 Å². The molecule has 0 saturated carbocycles. The molecule has 1 aliphatic heterocycles. The predicted octanol–water partition coefficient (Wildman–Crippen LogP) is 4.61. The summed E-state index contributed by atoms with van der Waals surface area (Å²) in [5, 5.41) is 0. The molecule has 4 heteroatoms. The van der Waals surface area contributed by atoms with Crippen LogP contribution in [0.5, 0.6) is 0 Å². The number of aryl methyl sites for hydroxylation is 2. The maximum Gasteiger partial charge on any atom is 0.243 e. The first-order chi connectivity index (χ1) is 11.5. The molecule has 3 rings (SSSR count). The van der Waals surface area contributed by atoms with Crippen molar-refractivity contribution in [3.8, 4) is 0 Å². The van der Waals surface area contributed by atoms with Crippen molar-refractivity contribution in [2.45, 2.75) is 50.5 Å². The molecule has 0 radical (unpaired) electrons. The van der Waals surface area contributed by atoms with Gasteiger partial charge < -0.3 is 0 Å². The Kier molecular flexibility index (Phi) is 5.07. The molecular formula is C20H25NO2S. The Hall–Kier alpha value is -1.65. The monoisotopic (exact) mass is 343 g/mol. The van der Waals surface area contributed by atoms with Crippen LogP contribution in [0.4, 0.5) is 0 Å². The van der Waals surface area contributed by atoms with Crippen molar-refractivity contribution >= 4 is 10.0 Å². The molecule has 0 aliphatic carbocycles. The lowest BCUT2D eigenvalue weighted by atomic mass is 10.0. The Balaban J connectivity index is 2.06. The van der Waals surface area contributed by atoms with Crippen molar-refractivity contribution < 1.29 is 8.42 Å². The van der Waals surface area contributed by atoms with Crippen molar-refractivity contribution in [3.63, 3.8) is 0 Å². The van der Waals surface area contributed by atoms with Gasteiger partial charge in [-0.05, 0) is 43.9 Å². The molecule has 1 heterocycles. The van der Waals surface area contributed by atoms with E-state index in [1.807, 2.05) is 25.1 Å². The van der Waals surface area contributed by atoms with Crippen LogP contribution in [0.1, 0.15) is 48.4 Å². The van der Waals surface area contributed by atoms with Gasteiger partial charge in [-0.1, -0.05) is 60.9 Å². The first-order valence-corrected chi connectivity index (χ1v) is 10.1. The molecule has 0 amide bonds. The summed E-state index contributed by atoms with van der Waals surface area (Å²) < 4.78 is 28.4. The molecule has 0 aromatic heterocycles. The summed E-state index contributed by atoms with van der Waals surface area (Å²) in [4.78, 5) is 0.435. The van der Waals surface area contributed by atoms with Gasteiger partial charge in [0.1, 0.15) is 0 Å². The zero-order valence-electron chi connectivity index (χ0n) is 14.4. The van der Waals surface area contributed by atoms with Gasteiger partial charge in [0.2, 0.25) is 10.0 Å². The van der Waals surface area contributed by atoms with Gasteiger partial charge in [0.05, 0.1) is 10.9 Å². The van der Waals surface area contributed by atoms with Crippen LogP contribution < -0.4 is 0 Å². The second kappa shape index (κ2) is 7.08. The molecule has 0 bridgehead atoms. The average Bonchev–Trinajstić information content (AvgIpc) is 2.81. The SMILES string of the molecule is Cc1cccc([C@H]2CCCCCN2S(=O)(=O)c2ccccc2C)c1. The van der Waals surface area contributed by atoms with Crippen LogP contribution in [0.2, 0.25) is 0 Å². The summed E-state index contributed by atoms with van der Waals surface area (Å²) in [6.07, 6.45) is 3.96. The summed E-state index contributed by atoms with van der Waals surface area (Å²) in [5.74, 6) is 0. The fraction of sp³-hybridized carbons (Fsp3) is 0.400. The minimum Gasteiger partial charge on any atom is -0.207 e. The van der Waals surface area contributed by atoms with Crippen molar-refractivity contribution in [1.82, 2.24) is 4.31 Å². The molecule has 1 atom stereocenters. The highest BCUT2D eigenvalue weighted by Crippen LogP contribution is 2.35. The first-order valence-electron chi connectivity index (χ1n) is 8.64. The number of sulfonamides is 1. The number of benzene rings is 2. The summed E-state index contributed by atoms with van der Waals surface area (Å²) in [6.45, 7) is 4.52. The highest BCUT2D eigenvalue weighted by molar-refractivity contribution is 7.89. The van der Waals surface area contributed by atoms with Gasteiger partial charge in [0.25, 0.3) is 0 Å². The molecule has 0 unspecified atom stereocenters. The molecule has 3 nitrogen and oxygen atoms in total. The van der Waals surface area contributed by atoms with Gasteiger partial charge in [0.15, 0.2) is 0 Å². The lowest BCUT2D eigenvalue weighted by Gasteiger charge is -2.30. The number of hydrogen-bond acceptors (Lipinski definition) is 2. The van der Waals surface area contributed by atoms with E-state index < -0.39 is 10.0 Å². The molecule has 0 spiro atoms. The van der Waals surface area contributed by atoms with Crippen molar-refractivity contribution in [2.75, 3.05) is 6.54 Å². The van der Waals surface area contributed by atoms with Crippen LogP contribution in [-0.4, -0.2) is 19.3 Å². The third-order valence-corrected chi connectivity index (χ3v) is 6.88. The maximum atomic E-state index is 13.4. The Bertz CT molecular complexity index is 814. The molecule has 1 aliphatic rings. The van der Waals surface area contributed by atoms with Gasteiger partial charge in [-0.3, -0.25) is 0 Å². The van der Waals surface area contributed by atoms with E-state index in [1.165, 1.54) is 5.56 Å². The number of rotatable bonds is 3. The number of nitrogens with zero attached hydrogens (tertiary/aromatic N) is 1. The van der Waals surface area contributed by atoms with Crippen molar-refractivity contribution in [1.29, 1.82) is 0 Å². The third kappa shape index (κ3) is 3.40. The van der Waals surface area contributed by atoms with Gasteiger partial charge in [0, 0.05) is 6.54 Å². The van der Waals surface area contributed by atoms with Gasteiger partial charge in [-0.25, -0.2) is 8.42 Å². The van der Waals surface area contributed by atoms with Crippen molar-refractivity contribution in [2.24, 2.45) is 0 Å². The predicted molar refractivity (Wildman–Crippen MR) is 97.5 cm³/mol. The zero-order chi connectivity index (χ0) is 17.2. The lowest BCUT2D eigenvalue weighted by Crippen LogP contribution is -2.35. The van der Waals surface area contributed by atoms with E-state index in [1.54, 1.807) is 16.4 Å². The summed E-state index contributed by atoms with van der Waals surface area (Å²) >= 11 is 0. The molecule has 0 N–H and O–H groups in total. The molecule has 128 valence electrons. The third-order valence-electron chi connectivity index (χ3n) is 4.81. The quantitative estimate of drug-likeness (QED) is 0.816. The first kappa shape index (κ1) is 17.2. The topological polar surface area (TPSA) is 37.4 Å². The second-order valence-corrected chi connectivity index (χ2v) is 8.52. The molecular weight excluding hydrogens is 318 g/mol. The van der Waals surface area contributed by atoms with E-state index in [0.717, 1.165) is 36.8 Å².